The standard InChI is InChI=1S/C31H30OSi/c1-31(2,3)33(24-14-7-5-8-15-24,25-16-9-6-10-17-25)26-21-29-27-18-12-11-13-23(27)19-20-28(29)30(22-26)32-4/h5-22H,1-4H3. The molecular formula is C31H30OSi. The number of methoxy groups -OCH3 is 1. The Morgan fingerprint density at radius 2 is 1.12 bits per heavy atom. The molecule has 0 aliphatic carbocycles. The van der Waals surface area contributed by atoms with E-state index in [2.05, 4.69) is 130 Å². The molecule has 0 saturated heterocycles. The Bertz CT molecular complexity index is 1380. The second-order valence-corrected chi connectivity index (χ2v) is 14.5. The van der Waals surface area contributed by atoms with Crippen LogP contribution < -0.4 is 20.3 Å². The zero-order valence-electron chi connectivity index (χ0n) is 19.8. The lowest BCUT2D eigenvalue weighted by Crippen LogP contribution is -2.72. The van der Waals surface area contributed by atoms with Crippen molar-refractivity contribution in [2.24, 2.45) is 0 Å². The third-order valence-electron chi connectivity index (χ3n) is 7.01. The van der Waals surface area contributed by atoms with Crippen molar-refractivity contribution in [2.75, 3.05) is 7.11 Å². The van der Waals surface area contributed by atoms with Crippen molar-refractivity contribution in [2.45, 2.75) is 25.8 Å². The van der Waals surface area contributed by atoms with Gasteiger partial charge < -0.3 is 4.74 Å². The van der Waals surface area contributed by atoms with Crippen molar-refractivity contribution >= 4 is 45.2 Å². The zero-order chi connectivity index (χ0) is 23.1. The van der Waals surface area contributed by atoms with Crippen LogP contribution in [0, 0.1) is 0 Å². The summed E-state index contributed by atoms with van der Waals surface area (Å²) in [5, 5.41) is 9.20. The maximum Gasteiger partial charge on any atom is 0.153 e. The summed E-state index contributed by atoms with van der Waals surface area (Å²) in [7, 11) is -0.667. The smallest absolute Gasteiger partial charge is 0.153 e. The Labute approximate surface area is 197 Å². The van der Waals surface area contributed by atoms with Crippen LogP contribution >= 0.6 is 0 Å². The maximum atomic E-state index is 6.02. The van der Waals surface area contributed by atoms with Gasteiger partial charge in [0.15, 0.2) is 8.07 Å². The van der Waals surface area contributed by atoms with Crippen LogP contribution in [0.15, 0.2) is 109 Å². The lowest BCUT2D eigenvalue weighted by Gasteiger charge is -2.45. The highest BCUT2D eigenvalue weighted by Crippen LogP contribution is 2.38. The fourth-order valence-electron chi connectivity index (χ4n) is 5.64. The molecule has 164 valence electrons. The van der Waals surface area contributed by atoms with Gasteiger partial charge in [-0.15, -0.1) is 0 Å². The van der Waals surface area contributed by atoms with E-state index in [-0.39, 0.29) is 5.04 Å². The molecule has 0 spiro atoms. The van der Waals surface area contributed by atoms with Crippen molar-refractivity contribution in [1.29, 1.82) is 0 Å². The highest BCUT2D eigenvalue weighted by Gasteiger charge is 2.49. The van der Waals surface area contributed by atoms with Gasteiger partial charge in [0.1, 0.15) is 5.75 Å². The summed E-state index contributed by atoms with van der Waals surface area (Å²) in [5.74, 6) is 0.946. The quantitative estimate of drug-likeness (QED) is 0.180. The van der Waals surface area contributed by atoms with Crippen LogP contribution in [0.4, 0.5) is 0 Å². The van der Waals surface area contributed by atoms with Crippen LogP contribution in [0.25, 0.3) is 21.5 Å². The molecule has 5 aromatic rings. The summed E-state index contributed by atoms with van der Waals surface area (Å²) >= 11 is 0. The van der Waals surface area contributed by atoms with Crippen LogP contribution in [0.5, 0.6) is 5.75 Å². The van der Waals surface area contributed by atoms with Gasteiger partial charge in [-0.3, -0.25) is 0 Å². The van der Waals surface area contributed by atoms with E-state index < -0.39 is 8.07 Å². The third-order valence-corrected chi connectivity index (χ3v) is 12.8. The van der Waals surface area contributed by atoms with Gasteiger partial charge in [0.25, 0.3) is 0 Å². The molecule has 0 fully saturated rings. The van der Waals surface area contributed by atoms with Gasteiger partial charge in [0, 0.05) is 5.39 Å². The van der Waals surface area contributed by atoms with Gasteiger partial charge in [0.2, 0.25) is 0 Å². The molecule has 0 aliphatic heterocycles. The van der Waals surface area contributed by atoms with E-state index in [9.17, 15) is 0 Å². The van der Waals surface area contributed by atoms with E-state index in [1.54, 1.807) is 7.11 Å². The molecule has 0 bridgehead atoms. The molecule has 0 amide bonds. The second-order valence-electron chi connectivity index (χ2n) is 9.79. The molecule has 5 aromatic carbocycles. The molecule has 0 aliphatic rings. The monoisotopic (exact) mass is 446 g/mol. The molecule has 2 heteroatoms. The lowest BCUT2D eigenvalue weighted by atomic mass is 10.0. The van der Waals surface area contributed by atoms with Crippen LogP contribution in [0.3, 0.4) is 0 Å². The minimum atomic E-state index is -2.46. The fraction of sp³-hybridized carbons (Fsp3) is 0.161. The number of rotatable bonds is 4. The molecule has 0 saturated carbocycles. The largest absolute Gasteiger partial charge is 0.496 e. The van der Waals surface area contributed by atoms with Crippen molar-refractivity contribution in [3.05, 3.63) is 109 Å². The first-order valence-corrected chi connectivity index (χ1v) is 13.6. The molecule has 0 N–H and O–H groups in total. The second kappa shape index (κ2) is 8.20. The van der Waals surface area contributed by atoms with Crippen LogP contribution in [-0.2, 0) is 0 Å². The minimum Gasteiger partial charge on any atom is -0.496 e. The van der Waals surface area contributed by atoms with E-state index in [1.807, 2.05) is 0 Å². The van der Waals surface area contributed by atoms with Gasteiger partial charge >= 0.3 is 0 Å². The summed E-state index contributed by atoms with van der Waals surface area (Å²) in [6.07, 6.45) is 0. The predicted octanol–water partition coefficient (Wildman–Crippen LogP) is 6.27. The first-order chi connectivity index (χ1) is 16.0. The maximum absolute atomic E-state index is 6.02. The Morgan fingerprint density at radius 1 is 0.545 bits per heavy atom. The number of fused-ring (bicyclic) bond motifs is 3. The number of hydrogen-bond acceptors (Lipinski definition) is 1. The Hall–Kier alpha value is -3.36. The molecule has 0 atom stereocenters. The molecule has 0 heterocycles. The molecular weight excluding hydrogens is 416 g/mol. The van der Waals surface area contributed by atoms with Crippen LogP contribution in [0.1, 0.15) is 20.8 Å². The molecule has 0 radical (unpaired) electrons. The molecule has 1 nitrogen and oxygen atoms in total. The highest BCUT2D eigenvalue weighted by atomic mass is 28.3. The van der Waals surface area contributed by atoms with Crippen molar-refractivity contribution < 1.29 is 4.74 Å². The Kier molecular flexibility index (Phi) is 5.34. The van der Waals surface area contributed by atoms with Crippen molar-refractivity contribution in [3.8, 4) is 5.75 Å². The van der Waals surface area contributed by atoms with E-state index in [0.29, 0.717) is 0 Å². The van der Waals surface area contributed by atoms with E-state index in [0.717, 1.165) is 11.1 Å². The molecule has 0 unspecified atom stereocenters. The van der Waals surface area contributed by atoms with Gasteiger partial charge in [-0.1, -0.05) is 124 Å². The minimum absolute atomic E-state index is 0.0268. The molecule has 5 rings (SSSR count). The predicted molar refractivity (Wildman–Crippen MR) is 145 cm³/mol. The SMILES string of the molecule is COc1cc([Si](c2ccccc2)(c2ccccc2)C(C)(C)C)cc2c1ccc1ccccc12. The summed E-state index contributed by atoms with van der Waals surface area (Å²) in [6, 6.07) is 40.1. The van der Waals surface area contributed by atoms with Crippen molar-refractivity contribution in [3.63, 3.8) is 0 Å². The number of hydrogen-bond donors (Lipinski definition) is 0. The van der Waals surface area contributed by atoms with E-state index in [4.69, 9.17) is 4.74 Å². The normalized spacial score (nSPS) is 12.2. The van der Waals surface area contributed by atoms with Gasteiger partial charge in [-0.25, -0.2) is 0 Å². The fourth-order valence-corrected chi connectivity index (χ4v) is 11.3. The number of ether oxygens (including phenoxy) is 1. The summed E-state index contributed by atoms with van der Waals surface area (Å²) in [6.45, 7) is 7.21. The Morgan fingerprint density at radius 3 is 1.70 bits per heavy atom. The average Bonchev–Trinajstić information content (AvgIpc) is 2.84. The van der Waals surface area contributed by atoms with E-state index >= 15 is 0 Å². The summed E-state index contributed by atoms with van der Waals surface area (Å²) in [5.41, 5.74) is 0. The summed E-state index contributed by atoms with van der Waals surface area (Å²) < 4.78 is 6.02. The first kappa shape index (κ1) is 21.5. The zero-order valence-corrected chi connectivity index (χ0v) is 20.8. The van der Waals surface area contributed by atoms with Crippen molar-refractivity contribution in [1.82, 2.24) is 0 Å². The Balaban J connectivity index is 1.97. The average molecular weight is 447 g/mol. The van der Waals surface area contributed by atoms with Crippen LogP contribution in [-0.4, -0.2) is 15.2 Å². The lowest BCUT2D eigenvalue weighted by molar-refractivity contribution is 0.420. The first-order valence-electron chi connectivity index (χ1n) is 11.6. The topological polar surface area (TPSA) is 9.23 Å². The van der Waals surface area contributed by atoms with Gasteiger partial charge in [0.05, 0.1) is 7.11 Å². The highest BCUT2D eigenvalue weighted by molar-refractivity contribution is 7.13. The van der Waals surface area contributed by atoms with Gasteiger partial charge in [-0.2, -0.15) is 0 Å². The van der Waals surface area contributed by atoms with Crippen LogP contribution in [0.2, 0.25) is 5.04 Å². The third kappa shape index (κ3) is 3.37. The van der Waals surface area contributed by atoms with E-state index in [1.165, 1.54) is 31.7 Å². The summed E-state index contributed by atoms with van der Waals surface area (Å²) in [4.78, 5) is 0. The van der Waals surface area contributed by atoms with Gasteiger partial charge in [-0.05, 0) is 42.8 Å². The number of benzene rings is 5. The molecule has 33 heavy (non-hydrogen) atoms. The molecule has 0 aromatic heterocycles.